The Morgan fingerprint density at radius 1 is 1.27 bits per heavy atom. The highest BCUT2D eigenvalue weighted by Crippen LogP contribution is 1.94. The fraction of sp³-hybridized carbons (Fsp3) is 0.900. The van der Waals surface area contributed by atoms with E-state index in [9.17, 15) is 4.79 Å². The van der Waals surface area contributed by atoms with Crippen molar-refractivity contribution in [2.75, 3.05) is 47.1 Å². The minimum Gasteiger partial charge on any atom is -0.469 e. The lowest BCUT2D eigenvalue weighted by atomic mass is 10.2. The van der Waals surface area contributed by atoms with E-state index in [4.69, 9.17) is 9.47 Å². The Morgan fingerprint density at radius 2 is 2.00 bits per heavy atom. The molecule has 1 unspecified atom stereocenters. The molecule has 1 N–H and O–H groups in total. The van der Waals surface area contributed by atoms with Gasteiger partial charge in [0.2, 0.25) is 0 Å². The zero-order valence-corrected chi connectivity index (χ0v) is 9.75. The first-order valence-electron chi connectivity index (χ1n) is 5.07. The number of rotatable bonds is 9. The first-order valence-corrected chi connectivity index (χ1v) is 5.07. The van der Waals surface area contributed by atoms with Crippen molar-refractivity contribution >= 4 is 5.97 Å². The Hall–Kier alpha value is -0.650. The van der Waals surface area contributed by atoms with Gasteiger partial charge in [-0.25, -0.2) is 0 Å². The summed E-state index contributed by atoms with van der Waals surface area (Å²) in [7, 11) is 3.03. The molecule has 5 heteroatoms. The van der Waals surface area contributed by atoms with Crippen LogP contribution < -0.4 is 5.32 Å². The zero-order valence-electron chi connectivity index (χ0n) is 9.75. The number of esters is 1. The van der Waals surface area contributed by atoms with Crippen molar-refractivity contribution in [3.8, 4) is 0 Å². The number of carbonyl (C=O) groups is 1. The van der Waals surface area contributed by atoms with Gasteiger partial charge in [0.25, 0.3) is 0 Å². The van der Waals surface area contributed by atoms with E-state index in [0.717, 1.165) is 6.54 Å². The molecule has 0 amide bonds. The molecule has 0 saturated heterocycles. The third kappa shape index (κ3) is 8.35. The highest BCUT2D eigenvalue weighted by molar-refractivity contribution is 5.71. The van der Waals surface area contributed by atoms with E-state index in [-0.39, 0.29) is 11.9 Å². The van der Waals surface area contributed by atoms with Gasteiger partial charge in [-0.3, -0.25) is 4.79 Å². The van der Waals surface area contributed by atoms with Crippen LogP contribution >= 0.6 is 0 Å². The van der Waals surface area contributed by atoms with Crippen LogP contribution in [0.2, 0.25) is 0 Å². The Morgan fingerprint density at radius 3 is 2.60 bits per heavy atom. The summed E-state index contributed by atoms with van der Waals surface area (Å²) in [5.74, 6) is -0.309. The number of nitrogens with one attached hydrogen (secondary N) is 1. The van der Waals surface area contributed by atoms with E-state index in [1.807, 2.05) is 6.92 Å². The Bertz CT molecular complexity index is 164. The standard InChI is InChI=1S/C10H21NO4/c1-9(10(12)14-3)8-11-4-5-15-7-6-13-2/h9,11H,4-8H2,1-3H3. The van der Waals surface area contributed by atoms with Gasteiger partial charge in [0.05, 0.1) is 32.8 Å². The molecule has 15 heavy (non-hydrogen) atoms. The molecule has 0 radical (unpaired) electrons. The average Bonchev–Trinajstić information content (AvgIpc) is 2.26. The second kappa shape index (κ2) is 9.89. The van der Waals surface area contributed by atoms with Gasteiger partial charge in [-0.2, -0.15) is 0 Å². The molecule has 0 aliphatic carbocycles. The summed E-state index contributed by atoms with van der Waals surface area (Å²) in [5.41, 5.74) is 0. The molecule has 0 fully saturated rings. The predicted molar refractivity (Wildman–Crippen MR) is 56.7 cm³/mol. The number of hydrogen-bond donors (Lipinski definition) is 1. The first-order chi connectivity index (χ1) is 7.22. The Balaban J connectivity index is 3.20. The van der Waals surface area contributed by atoms with Crippen LogP contribution in [0.15, 0.2) is 0 Å². The predicted octanol–water partition coefficient (Wildman–Crippen LogP) is 0.0481. The molecular weight excluding hydrogens is 198 g/mol. The summed E-state index contributed by atoms with van der Waals surface area (Å²) in [6, 6.07) is 0. The van der Waals surface area contributed by atoms with Gasteiger partial charge in [0.1, 0.15) is 0 Å². The molecule has 1 atom stereocenters. The Kier molecular flexibility index (Phi) is 9.46. The summed E-state index contributed by atoms with van der Waals surface area (Å²) < 4.78 is 14.7. The van der Waals surface area contributed by atoms with Gasteiger partial charge in [-0.1, -0.05) is 6.92 Å². The summed E-state index contributed by atoms with van der Waals surface area (Å²) in [5, 5.41) is 3.11. The highest BCUT2D eigenvalue weighted by Gasteiger charge is 2.11. The van der Waals surface area contributed by atoms with Crippen molar-refractivity contribution < 1.29 is 19.0 Å². The number of ether oxygens (including phenoxy) is 3. The van der Waals surface area contributed by atoms with Crippen molar-refractivity contribution in [1.82, 2.24) is 5.32 Å². The molecule has 0 spiro atoms. The number of hydrogen-bond acceptors (Lipinski definition) is 5. The van der Waals surface area contributed by atoms with Gasteiger partial charge >= 0.3 is 5.97 Å². The van der Waals surface area contributed by atoms with Crippen LogP contribution in [0.1, 0.15) is 6.92 Å². The van der Waals surface area contributed by atoms with E-state index >= 15 is 0 Å². The van der Waals surface area contributed by atoms with Gasteiger partial charge < -0.3 is 19.5 Å². The van der Waals surface area contributed by atoms with Gasteiger partial charge in [-0.15, -0.1) is 0 Å². The number of methoxy groups -OCH3 is 2. The van der Waals surface area contributed by atoms with Crippen molar-refractivity contribution in [3.63, 3.8) is 0 Å². The van der Waals surface area contributed by atoms with Crippen molar-refractivity contribution in [2.45, 2.75) is 6.92 Å². The lowest BCUT2D eigenvalue weighted by Crippen LogP contribution is -2.29. The summed E-state index contributed by atoms with van der Waals surface area (Å²) in [6.07, 6.45) is 0. The molecule has 0 bridgehead atoms. The first kappa shape index (κ1) is 14.3. The zero-order chi connectivity index (χ0) is 11.5. The summed E-state index contributed by atoms with van der Waals surface area (Å²) in [6.45, 7) is 5.00. The van der Waals surface area contributed by atoms with Gasteiger partial charge in [0.15, 0.2) is 0 Å². The lowest BCUT2D eigenvalue weighted by molar-refractivity contribution is -0.144. The second-order valence-corrected chi connectivity index (χ2v) is 3.23. The molecule has 0 rings (SSSR count). The van der Waals surface area contributed by atoms with Crippen LogP contribution in [-0.2, 0) is 19.0 Å². The van der Waals surface area contributed by atoms with E-state index in [1.54, 1.807) is 7.11 Å². The monoisotopic (exact) mass is 219 g/mol. The van der Waals surface area contributed by atoms with Gasteiger partial charge in [-0.05, 0) is 0 Å². The molecule has 5 nitrogen and oxygen atoms in total. The average molecular weight is 219 g/mol. The lowest BCUT2D eigenvalue weighted by Gasteiger charge is -2.10. The van der Waals surface area contributed by atoms with Crippen LogP contribution in [-0.4, -0.2) is 53.1 Å². The van der Waals surface area contributed by atoms with E-state index in [1.165, 1.54) is 7.11 Å². The normalized spacial score (nSPS) is 12.5. The molecule has 0 aromatic carbocycles. The fourth-order valence-corrected chi connectivity index (χ4v) is 0.992. The van der Waals surface area contributed by atoms with E-state index in [0.29, 0.717) is 26.4 Å². The maximum absolute atomic E-state index is 11.0. The molecule has 90 valence electrons. The molecule has 0 heterocycles. The van der Waals surface area contributed by atoms with Crippen molar-refractivity contribution in [1.29, 1.82) is 0 Å². The molecule has 0 saturated carbocycles. The van der Waals surface area contributed by atoms with Crippen LogP contribution in [0.3, 0.4) is 0 Å². The topological polar surface area (TPSA) is 56.8 Å². The van der Waals surface area contributed by atoms with Crippen molar-refractivity contribution in [2.24, 2.45) is 5.92 Å². The largest absolute Gasteiger partial charge is 0.469 e. The van der Waals surface area contributed by atoms with Crippen LogP contribution in [0.25, 0.3) is 0 Å². The quantitative estimate of drug-likeness (QED) is 0.438. The molecule has 0 aromatic heterocycles. The summed E-state index contributed by atoms with van der Waals surface area (Å²) >= 11 is 0. The highest BCUT2D eigenvalue weighted by atomic mass is 16.5. The molecular formula is C10H21NO4. The summed E-state index contributed by atoms with van der Waals surface area (Å²) in [4.78, 5) is 11.0. The van der Waals surface area contributed by atoms with E-state index < -0.39 is 0 Å². The van der Waals surface area contributed by atoms with E-state index in [2.05, 4.69) is 10.1 Å². The van der Waals surface area contributed by atoms with Crippen LogP contribution in [0.5, 0.6) is 0 Å². The molecule has 0 aliphatic heterocycles. The fourth-order valence-electron chi connectivity index (χ4n) is 0.992. The maximum Gasteiger partial charge on any atom is 0.309 e. The third-order valence-corrected chi connectivity index (χ3v) is 1.91. The van der Waals surface area contributed by atoms with Crippen molar-refractivity contribution in [3.05, 3.63) is 0 Å². The Labute approximate surface area is 91.1 Å². The number of carbonyl (C=O) groups excluding carboxylic acids is 1. The van der Waals surface area contributed by atoms with Gasteiger partial charge in [0, 0.05) is 20.2 Å². The third-order valence-electron chi connectivity index (χ3n) is 1.91. The molecule has 0 aromatic rings. The van der Waals surface area contributed by atoms with Crippen LogP contribution in [0.4, 0.5) is 0 Å². The smallest absolute Gasteiger partial charge is 0.309 e. The second-order valence-electron chi connectivity index (χ2n) is 3.23. The minimum absolute atomic E-state index is 0.117. The maximum atomic E-state index is 11.0. The SMILES string of the molecule is COCCOCCNCC(C)C(=O)OC. The van der Waals surface area contributed by atoms with Crippen LogP contribution in [0, 0.1) is 5.92 Å². The minimum atomic E-state index is -0.192. The molecule has 0 aliphatic rings.